The first-order valence-corrected chi connectivity index (χ1v) is 12.5. The fraction of sp³-hybridized carbons (Fsp3) is 0.407. The van der Waals surface area contributed by atoms with Gasteiger partial charge in [0, 0.05) is 11.4 Å². The van der Waals surface area contributed by atoms with E-state index in [0.29, 0.717) is 41.9 Å². The highest BCUT2D eigenvalue weighted by Crippen LogP contribution is 2.39. The largest absolute Gasteiger partial charge is 0.490 e. The van der Waals surface area contributed by atoms with E-state index in [1.54, 1.807) is 4.68 Å². The maximum Gasteiger partial charge on any atom is 0.255 e. The van der Waals surface area contributed by atoms with Gasteiger partial charge in [-0.1, -0.05) is 49.5 Å². The van der Waals surface area contributed by atoms with Crippen molar-refractivity contribution in [1.82, 2.24) is 20.2 Å². The molecule has 0 saturated heterocycles. The molecule has 2 N–H and O–H groups in total. The number of nitrogens with zero attached hydrogens (tertiary/aromatic N) is 4. The zero-order chi connectivity index (χ0) is 25.5. The highest BCUT2D eigenvalue weighted by atomic mass is 16.5. The Balaban J connectivity index is 1.66. The van der Waals surface area contributed by atoms with Crippen LogP contribution in [0.3, 0.4) is 0 Å². The Morgan fingerprint density at radius 3 is 2.69 bits per heavy atom. The van der Waals surface area contributed by atoms with Crippen molar-refractivity contribution in [2.24, 2.45) is 0 Å². The minimum absolute atomic E-state index is 0.231. The maximum absolute atomic E-state index is 13.6. The molecule has 0 radical (unpaired) electrons. The molecule has 1 aliphatic heterocycles. The number of aromatic nitrogens is 4. The third-order valence-corrected chi connectivity index (χ3v) is 6.07. The molecule has 0 saturated carbocycles. The van der Waals surface area contributed by atoms with E-state index in [9.17, 15) is 4.79 Å². The van der Waals surface area contributed by atoms with Crippen LogP contribution >= 0.6 is 0 Å². The van der Waals surface area contributed by atoms with Crippen molar-refractivity contribution >= 4 is 17.5 Å². The third-order valence-electron chi connectivity index (χ3n) is 6.07. The fourth-order valence-electron chi connectivity index (χ4n) is 4.33. The van der Waals surface area contributed by atoms with E-state index in [0.717, 1.165) is 29.7 Å². The van der Waals surface area contributed by atoms with Crippen LogP contribution in [0.15, 0.2) is 53.7 Å². The molecule has 1 atom stereocenters. The number of carbonyl (C=O) groups is 1. The first-order valence-electron chi connectivity index (χ1n) is 12.5. The number of ether oxygens (including phenoxy) is 2. The smallest absolute Gasteiger partial charge is 0.255 e. The van der Waals surface area contributed by atoms with Crippen LogP contribution in [-0.4, -0.2) is 39.3 Å². The molecular weight excluding hydrogens is 456 g/mol. The molecule has 1 aromatic heterocycles. The summed E-state index contributed by atoms with van der Waals surface area (Å²) in [6.07, 6.45) is 4.51. The van der Waals surface area contributed by atoms with Gasteiger partial charge in [-0.25, -0.2) is 0 Å². The summed E-state index contributed by atoms with van der Waals surface area (Å²) in [6.45, 7) is 9.09. The van der Waals surface area contributed by atoms with Crippen LogP contribution in [-0.2, 0) is 4.79 Å². The van der Waals surface area contributed by atoms with E-state index < -0.39 is 6.04 Å². The van der Waals surface area contributed by atoms with E-state index in [2.05, 4.69) is 33.1 Å². The molecule has 2 aromatic carbocycles. The van der Waals surface area contributed by atoms with Gasteiger partial charge < -0.3 is 20.1 Å². The van der Waals surface area contributed by atoms with Crippen molar-refractivity contribution in [2.75, 3.05) is 23.8 Å². The number of hydrogen-bond donors (Lipinski definition) is 2. The number of unbranched alkanes of at least 4 members (excludes halogenated alkanes) is 3. The number of benzene rings is 2. The summed E-state index contributed by atoms with van der Waals surface area (Å²) in [7, 11) is 0. The quantitative estimate of drug-likeness (QED) is 0.353. The number of carbonyl (C=O) groups excluding carboxylic acids is 1. The Labute approximate surface area is 211 Å². The molecule has 1 unspecified atom stereocenters. The lowest BCUT2D eigenvalue weighted by Crippen LogP contribution is -2.31. The van der Waals surface area contributed by atoms with Gasteiger partial charge in [-0.05, 0) is 73.0 Å². The molecule has 0 spiro atoms. The minimum atomic E-state index is -0.543. The van der Waals surface area contributed by atoms with Gasteiger partial charge in [0.1, 0.15) is 6.04 Å². The number of allylic oxidation sites excluding steroid dienone is 1. The first-order chi connectivity index (χ1) is 17.5. The highest BCUT2D eigenvalue weighted by molar-refractivity contribution is 6.06. The van der Waals surface area contributed by atoms with Crippen LogP contribution in [0.25, 0.3) is 0 Å². The lowest BCUT2D eigenvalue weighted by molar-refractivity contribution is -0.113. The second kappa shape index (κ2) is 11.7. The highest BCUT2D eigenvalue weighted by Gasteiger charge is 2.34. The van der Waals surface area contributed by atoms with Gasteiger partial charge in [0.2, 0.25) is 5.95 Å². The molecule has 9 nitrogen and oxygen atoms in total. The molecule has 0 fully saturated rings. The van der Waals surface area contributed by atoms with Crippen LogP contribution in [0.5, 0.6) is 11.5 Å². The van der Waals surface area contributed by atoms with Crippen LogP contribution in [0.2, 0.25) is 0 Å². The Morgan fingerprint density at radius 2 is 1.92 bits per heavy atom. The summed E-state index contributed by atoms with van der Waals surface area (Å²) < 4.78 is 13.6. The Kier molecular flexibility index (Phi) is 8.20. The third kappa shape index (κ3) is 5.67. The number of amides is 1. The molecule has 0 bridgehead atoms. The van der Waals surface area contributed by atoms with Gasteiger partial charge in [0.25, 0.3) is 5.91 Å². The van der Waals surface area contributed by atoms with E-state index in [-0.39, 0.29) is 5.91 Å². The predicted molar refractivity (Wildman–Crippen MR) is 139 cm³/mol. The number of nitrogens with one attached hydrogen (secondary N) is 2. The van der Waals surface area contributed by atoms with E-state index in [1.807, 2.05) is 63.2 Å². The maximum atomic E-state index is 13.6. The topological polar surface area (TPSA) is 103 Å². The number of hydrogen-bond acceptors (Lipinski definition) is 7. The summed E-state index contributed by atoms with van der Waals surface area (Å²) in [5.74, 6) is 1.56. The van der Waals surface area contributed by atoms with Gasteiger partial charge in [-0.2, -0.15) is 4.68 Å². The summed E-state index contributed by atoms with van der Waals surface area (Å²) in [4.78, 5) is 13.6. The van der Waals surface area contributed by atoms with Gasteiger partial charge in [0.05, 0.1) is 18.8 Å². The van der Waals surface area contributed by atoms with Crippen molar-refractivity contribution in [3.63, 3.8) is 0 Å². The average molecular weight is 491 g/mol. The molecule has 9 heteroatoms. The zero-order valence-electron chi connectivity index (χ0n) is 21.4. The minimum Gasteiger partial charge on any atom is -0.490 e. The lowest BCUT2D eigenvalue weighted by Gasteiger charge is -2.28. The van der Waals surface area contributed by atoms with Crippen LogP contribution in [0.4, 0.5) is 11.6 Å². The number of rotatable bonds is 11. The first kappa shape index (κ1) is 25.2. The van der Waals surface area contributed by atoms with Crippen molar-refractivity contribution < 1.29 is 14.3 Å². The molecule has 190 valence electrons. The monoisotopic (exact) mass is 490 g/mol. The van der Waals surface area contributed by atoms with E-state index in [1.165, 1.54) is 12.8 Å². The molecule has 1 aliphatic rings. The van der Waals surface area contributed by atoms with Crippen molar-refractivity contribution in [2.45, 2.75) is 59.4 Å². The Hall–Kier alpha value is -3.88. The molecule has 1 amide bonds. The fourth-order valence-corrected chi connectivity index (χ4v) is 4.33. The molecule has 0 aliphatic carbocycles. The standard InChI is InChI=1S/C27H34N6O3/c1-5-7-8-9-15-36-22-14-13-20(17-23(22)35-6-2)25-24(19(4)28-27-30-31-32-33(25)27)26(34)29-21-12-10-11-18(3)16-21/h10-14,16-17,25H,5-9,15H2,1-4H3,(H,29,34)(H,28,30,32). The number of fused-ring (bicyclic) bond motifs is 1. The summed E-state index contributed by atoms with van der Waals surface area (Å²) >= 11 is 0. The van der Waals surface area contributed by atoms with Crippen LogP contribution in [0.1, 0.15) is 63.6 Å². The summed E-state index contributed by atoms with van der Waals surface area (Å²) in [5.41, 5.74) is 3.81. The normalized spacial score (nSPS) is 14.7. The van der Waals surface area contributed by atoms with Gasteiger partial charge in [-0.15, -0.1) is 0 Å². The molecule has 36 heavy (non-hydrogen) atoms. The number of anilines is 2. The van der Waals surface area contributed by atoms with Gasteiger partial charge in [0.15, 0.2) is 11.5 Å². The van der Waals surface area contributed by atoms with Crippen LogP contribution < -0.4 is 20.1 Å². The molecular formula is C27H34N6O3. The number of tetrazole rings is 1. The van der Waals surface area contributed by atoms with Crippen LogP contribution in [0, 0.1) is 6.92 Å². The van der Waals surface area contributed by atoms with E-state index >= 15 is 0 Å². The second-order valence-electron chi connectivity index (χ2n) is 8.89. The zero-order valence-corrected chi connectivity index (χ0v) is 21.4. The Bertz CT molecular complexity index is 1240. The van der Waals surface area contributed by atoms with Gasteiger partial charge >= 0.3 is 0 Å². The number of aryl methyl sites for hydroxylation is 1. The summed E-state index contributed by atoms with van der Waals surface area (Å²) in [6, 6.07) is 12.9. The average Bonchev–Trinajstić information content (AvgIpc) is 3.32. The van der Waals surface area contributed by atoms with Crippen molar-refractivity contribution in [3.05, 3.63) is 64.9 Å². The Morgan fingerprint density at radius 1 is 1.06 bits per heavy atom. The summed E-state index contributed by atoms with van der Waals surface area (Å²) in [5, 5.41) is 18.3. The van der Waals surface area contributed by atoms with Crippen molar-refractivity contribution in [1.29, 1.82) is 0 Å². The predicted octanol–water partition coefficient (Wildman–Crippen LogP) is 5.27. The molecule has 4 rings (SSSR count). The van der Waals surface area contributed by atoms with E-state index in [4.69, 9.17) is 9.47 Å². The van der Waals surface area contributed by atoms with Gasteiger partial charge in [-0.3, -0.25) is 4.79 Å². The van der Waals surface area contributed by atoms with Crippen molar-refractivity contribution in [3.8, 4) is 11.5 Å². The SMILES string of the molecule is CCCCCCOc1ccc(C2C(C(=O)Nc3cccc(C)c3)=C(C)Nc3nnnn32)cc1OCC. The molecule has 2 heterocycles. The second-order valence-corrected chi connectivity index (χ2v) is 8.89. The molecule has 3 aromatic rings. The lowest BCUT2D eigenvalue weighted by atomic mass is 9.94.